The van der Waals surface area contributed by atoms with Gasteiger partial charge in [-0.05, 0) is 85.4 Å². The summed E-state index contributed by atoms with van der Waals surface area (Å²) in [6.07, 6.45) is -1.50. The molecule has 280 valence electrons. The zero-order chi connectivity index (χ0) is 38.2. The first-order valence-electron chi connectivity index (χ1n) is 16.4. The lowest BCUT2D eigenvalue weighted by Gasteiger charge is -2.24. The lowest BCUT2D eigenvalue weighted by Crippen LogP contribution is -2.55. The highest BCUT2D eigenvalue weighted by Crippen LogP contribution is 2.17. The molecule has 0 aliphatic rings. The summed E-state index contributed by atoms with van der Waals surface area (Å²) in [4.78, 5) is 87.6. The van der Waals surface area contributed by atoms with E-state index in [2.05, 4.69) is 26.6 Å². The van der Waals surface area contributed by atoms with Crippen LogP contribution in [0.5, 0.6) is 5.75 Å². The van der Waals surface area contributed by atoms with Gasteiger partial charge in [-0.3, -0.25) is 24.0 Å². The smallest absolute Gasteiger partial charge is 0.465 e. The molecule has 0 bridgehead atoms. The zero-order valence-electron chi connectivity index (χ0n) is 30.6. The molecule has 1 rings (SSSR count). The lowest BCUT2D eigenvalue weighted by atomic mass is 10.0. The molecular weight excluding hydrogens is 654 g/mol. The van der Waals surface area contributed by atoms with E-state index in [-0.39, 0.29) is 37.7 Å². The van der Waals surface area contributed by atoms with Gasteiger partial charge in [0.1, 0.15) is 41.6 Å². The molecule has 0 aromatic heterocycles. The Balaban J connectivity index is 2.89. The summed E-state index contributed by atoms with van der Waals surface area (Å²) < 4.78 is 20.4. The van der Waals surface area contributed by atoms with Crippen LogP contribution in [0.25, 0.3) is 0 Å². The van der Waals surface area contributed by atoms with Crippen LogP contribution in [0.2, 0.25) is 0 Å². The molecule has 0 spiro atoms. The van der Waals surface area contributed by atoms with Crippen molar-refractivity contribution in [3.63, 3.8) is 0 Å². The van der Waals surface area contributed by atoms with Gasteiger partial charge in [-0.15, -0.1) is 0 Å². The predicted octanol–water partition coefficient (Wildman–Crippen LogP) is 2.27. The van der Waals surface area contributed by atoms with E-state index in [0.717, 1.165) is 0 Å². The van der Waals surface area contributed by atoms with Crippen molar-refractivity contribution in [1.82, 2.24) is 26.6 Å². The van der Waals surface area contributed by atoms with E-state index in [1.807, 2.05) is 13.8 Å². The molecule has 0 saturated heterocycles. The Morgan fingerprint density at radius 1 is 0.700 bits per heavy atom. The molecule has 5 N–H and O–H groups in total. The summed E-state index contributed by atoms with van der Waals surface area (Å²) in [5.74, 6) is -3.08. The van der Waals surface area contributed by atoms with Gasteiger partial charge in [-0.2, -0.15) is 0 Å². The third kappa shape index (κ3) is 18.6. The second-order valence-electron chi connectivity index (χ2n) is 13.8. The number of amides is 5. The van der Waals surface area contributed by atoms with Gasteiger partial charge in [-0.1, -0.05) is 26.0 Å². The van der Waals surface area contributed by atoms with Crippen LogP contribution in [0.15, 0.2) is 24.3 Å². The molecule has 0 saturated carbocycles. The maximum atomic E-state index is 13.3. The molecule has 50 heavy (non-hydrogen) atoms. The quantitative estimate of drug-likeness (QED) is 0.0954. The zero-order valence-corrected chi connectivity index (χ0v) is 30.6. The molecule has 0 fully saturated rings. The summed E-state index contributed by atoms with van der Waals surface area (Å²) in [7, 11) is 0. The highest BCUT2D eigenvalue weighted by molar-refractivity contribution is 5.94. The standard InChI is InChI=1S/C34H53N5O11/c1-11-47-27(41)19-36-29(43)24(16-20(2)3)38-26(40)18-35-28(42)21(4)37-30(44)25(39-31(45)49-33(5,6)7)17-22-12-14-23(15-13-22)48-32(46)50-34(8,9)10/h12-15,20-21,24-25H,11,16-19H2,1-10H3,(H,35,42)(H,36,43)(H,37,44)(H,38,40)(H,39,45)/t21-,24?,25?/m0/s1. The molecule has 1 aromatic rings. The SMILES string of the molecule is CCOC(=O)CNC(=O)C(CC(C)C)NC(=O)CNC(=O)[C@H](C)NC(=O)C(Cc1ccc(OC(=O)OC(C)(C)C)cc1)NC(=O)OC(C)(C)C. The van der Waals surface area contributed by atoms with Crippen LogP contribution in [-0.2, 0) is 44.6 Å². The van der Waals surface area contributed by atoms with E-state index in [0.29, 0.717) is 5.56 Å². The summed E-state index contributed by atoms with van der Waals surface area (Å²) in [5.41, 5.74) is -1.02. The van der Waals surface area contributed by atoms with Crippen LogP contribution in [0, 0.1) is 5.92 Å². The van der Waals surface area contributed by atoms with Crippen molar-refractivity contribution in [2.24, 2.45) is 5.92 Å². The summed E-state index contributed by atoms with van der Waals surface area (Å²) >= 11 is 0. The largest absolute Gasteiger partial charge is 0.514 e. The molecule has 16 nitrogen and oxygen atoms in total. The first kappa shape index (κ1) is 43.1. The lowest BCUT2D eigenvalue weighted by molar-refractivity contribution is -0.143. The number of hydrogen-bond acceptors (Lipinski definition) is 11. The molecule has 3 atom stereocenters. The van der Waals surface area contributed by atoms with E-state index >= 15 is 0 Å². The topological polar surface area (TPSA) is 217 Å². The van der Waals surface area contributed by atoms with Gasteiger partial charge < -0.3 is 45.5 Å². The molecular formula is C34H53N5O11. The van der Waals surface area contributed by atoms with Crippen LogP contribution in [0.1, 0.15) is 81.2 Å². The van der Waals surface area contributed by atoms with Crippen molar-refractivity contribution < 1.29 is 52.5 Å². The molecule has 2 unspecified atom stereocenters. The maximum absolute atomic E-state index is 13.3. The predicted molar refractivity (Wildman–Crippen MR) is 182 cm³/mol. The molecule has 5 amide bonds. The van der Waals surface area contributed by atoms with E-state index in [1.54, 1.807) is 60.6 Å². The maximum Gasteiger partial charge on any atom is 0.514 e. The van der Waals surface area contributed by atoms with Crippen molar-refractivity contribution in [1.29, 1.82) is 0 Å². The molecule has 0 aliphatic carbocycles. The second-order valence-corrected chi connectivity index (χ2v) is 13.8. The molecule has 1 aromatic carbocycles. The van der Waals surface area contributed by atoms with Gasteiger partial charge in [0.2, 0.25) is 23.6 Å². The average Bonchev–Trinajstić information content (AvgIpc) is 2.96. The Hall–Kier alpha value is -4.89. The molecule has 0 aliphatic heterocycles. The second kappa shape index (κ2) is 19.9. The normalized spacial score (nSPS) is 13.1. The molecule has 0 radical (unpaired) electrons. The van der Waals surface area contributed by atoms with Gasteiger partial charge in [0.15, 0.2) is 0 Å². The fourth-order valence-corrected chi connectivity index (χ4v) is 4.10. The van der Waals surface area contributed by atoms with Gasteiger partial charge >= 0.3 is 18.2 Å². The van der Waals surface area contributed by atoms with Crippen LogP contribution < -0.4 is 31.3 Å². The number of ether oxygens (including phenoxy) is 4. The van der Waals surface area contributed by atoms with Crippen LogP contribution in [0.3, 0.4) is 0 Å². The number of hydrogen-bond donors (Lipinski definition) is 5. The number of benzene rings is 1. The Morgan fingerprint density at radius 3 is 1.82 bits per heavy atom. The Bertz CT molecular complexity index is 1330. The van der Waals surface area contributed by atoms with Gasteiger partial charge in [0.05, 0.1) is 13.2 Å². The minimum Gasteiger partial charge on any atom is -0.465 e. The van der Waals surface area contributed by atoms with E-state index in [9.17, 15) is 33.6 Å². The van der Waals surface area contributed by atoms with Crippen molar-refractivity contribution in [3.05, 3.63) is 29.8 Å². The Kier molecular flexibility index (Phi) is 17.2. The van der Waals surface area contributed by atoms with Crippen molar-refractivity contribution in [3.8, 4) is 5.75 Å². The number of rotatable bonds is 16. The van der Waals surface area contributed by atoms with Gasteiger partial charge in [0, 0.05) is 6.42 Å². The Morgan fingerprint density at radius 2 is 1.28 bits per heavy atom. The minimum absolute atomic E-state index is 0.0178. The highest BCUT2D eigenvalue weighted by atomic mass is 16.7. The summed E-state index contributed by atoms with van der Waals surface area (Å²) in [6, 6.07) is 2.89. The first-order chi connectivity index (χ1) is 23.1. The number of esters is 1. The third-order valence-corrected chi connectivity index (χ3v) is 6.21. The first-order valence-corrected chi connectivity index (χ1v) is 16.4. The number of carbonyl (C=O) groups excluding carboxylic acids is 7. The van der Waals surface area contributed by atoms with Crippen molar-refractivity contribution in [2.75, 3.05) is 19.7 Å². The number of nitrogens with one attached hydrogen (secondary N) is 5. The monoisotopic (exact) mass is 707 g/mol. The Labute approximate surface area is 293 Å². The van der Waals surface area contributed by atoms with Crippen LogP contribution in [0.4, 0.5) is 9.59 Å². The number of alkyl carbamates (subject to hydrolysis) is 1. The van der Waals surface area contributed by atoms with Crippen LogP contribution >= 0.6 is 0 Å². The van der Waals surface area contributed by atoms with Crippen LogP contribution in [-0.4, -0.2) is 90.9 Å². The van der Waals surface area contributed by atoms with E-state index < -0.39 is 77.7 Å². The molecule has 16 heteroatoms. The van der Waals surface area contributed by atoms with Crippen molar-refractivity contribution >= 4 is 41.8 Å². The van der Waals surface area contributed by atoms with E-state index in [1.165, 1.54) is 19.1 Å². The average molecular weight is 708 g/mol. The molecule has 0 heterocycles. The highest BCUT2D eigenvalue weighted by Gasteiger charge is 2.28. The van der Waals surface area contributed by atoms with E-state index in [4.69, 9.17) is 18.9 Å². The van der Waals surface area contributed by atoms with Gasteiger partial charge in [0.25, 0.3) is 0 Å². The summed E-state index contributed by atoms with van der Waals surface area (Å²) in [5, 5.41) is 12.4. The van der Waals surface area contributed by atoms with Crippen molar-refractivity contribution in [2.45, 2.75) is 111 Å². The van der Waals surface area contributed by atoms with Gasteiger partial charge in [-0.25, -0.2) is 9.59 Å². The minimum atomic E-state index is -1.19. The number of carbonyl (C=O) groups is 7. The third-order valence-electron chi connectivity index (χ3n) is 6.21. The fourth-order valence-electron chi connectivity index (χ4n) is 4.10. The fraction of sp³-hybridized carbons (Fsp3) is 0.618. The summed E-state index contributed by atoms with van der Waals surface area (Å²) in [6.45, 7) is 16.1.